The molecule has 0 unspecified atom stereocenters. The quantitative estimate of drug-likeness (QED) is 0.641. The predicted molar refractivity (Wildman–Crippen MR) is 84.8 cm³/mol. The Kier molecular flexibility index (Phi) is 4.21. The Morgan fingerprint density at radius 3 is 2.92 bits per heavy atom. The monoisotopic (exact) mass is 354 g/mol. The summed E-state index contributed by atoms with van der Waals surface area (Å²) in [5.74, 6) is -0.519. The molecule has 3 heterocycles. The molecule has 1 saturated heterocycles. The van der Waals surface area contributed by atoms with E-state index in [9.17, 15) is 9.90 Å². The van der Waals surface area contributed by atoms with Crippen LogP contribution >= 0.6 is 0 Å². The van der Waals surface area contributed by atoms with E-state index in [1.807, 2.05) is 0 Å². The molecule has 1 aliphatic heterocycles. The van der Waals surface area contributed by atoms with Crippen LogP contribution in [0.15, 0.2) is 6.33 Å². The molecule has 2 aromatic heterocycles. The number of halogens is 1. The standard InChI is InChI=1S/C14H19FN6O4/c1-3-7(22)24-4-6-9(23)14(2,15)12(25-6)21-5-18-8-10(16)19-13(17)20-11(8)21/h5-6,9,12,23H,3-4H2,1-2H3,(H4,16,17,19,20)/t6-,9-,12-,14-/m1/s1. The predicted octanol–water partition coefficient (Wildman–Crippen LogP) is -0.0696. The number of aliphatic hydroxyl groups is 1. The lowest BCUT2D eigenvalue weighted by molar-refractivity contribution is -0.149. The molecule has 0 bridgehead atoms. The molecule has 5 N–H and O–H groups in total. The summed E-state index contributed by atoms with van der Waals surface area (Å²) in [7, 11) is 0. The molecule has 0 radical (unpaired) electrons. The van der Waals surface area contributed by atoms with Crippen molar-refractivity contribution in [3.05, 3.63) is 6.33 Å². The summed E-state index contributed by atoms with van der Waals surface area (Å²) >= 11 is 0. The number of aliphatic hydroxyl groups excluding tert-OH is 1. The van der Waals surface area contributed by atoms with Crippen LogP contribution in [0.25, 0.3) is 11.2 Å². The fourth-order valence-corrected chi connectivity index (χ4v) is 2.76. The average Bonchev–Trinajstić information content (AvgIpc) is 3.05. The minimum atomic E-state index is -2.19. The Bertz CT molecular complexity index is 810. The summed E-state index contributed by atoms with van der Waals surface area (Å²) in [5, 5.41) is 10.2. The molecule has 136 valence electrons. The van der Waals surface area contributed by atoms with Crippen molar-refractivity contribution in [2.24, 2.45) is 0 Å². The van der Waals surface area contributed by atoms with Gasteiger partial charge < -0.3 is 26.0 Å². The maximum absolute atomic E-state index is 15.1. The Morgan fingerprint density at radius 2 is 2.24 bits per heavy atom. The third-order valence-corrected chi connectivity index (χ3v) is 4.13. The molecule has 4 atom stereocenters. The van der Waals surface area contributed by atoms with Crippen LogP contribution in [0.5, 0.6) is 0 Å². The third-order valence-electron chi connectivity index (χ3n) is 4.13. The van der Waals surface area contributed by atoms with Crippen molar-refractivity contribution in [1.82, 2.24) is 19.5 Å². The Morgan fingerprint density at radius 1 is 1.52 bits per heavy atom. The molecular formula is C14H19FN6O4. The molecule has 11 heteroatoms. The zero-order chi connectivity index (χ0) is 18.4. The zero-order valence-electron chi connectivity index (χ0n) is 13.7. The van der Waals surface area contributed by atoms with Gasteiger partial charge in [0.25, 0.3) is 0 Å². The first-order valence-corrected chi connectivity index (χ1v) is 7.69. The molecular weight excluding hydrogens is 335 g/mol. The number of nitrogen functional groups attached to an aromatic ring is 2. The largest absolute Gasteiger partial charge is 0.463 e. The van der Waals surface area contributed by atoms with Gasteiger partial charge >= 0.3 is 5.97 Å². The highest BCUT2D eigenvalue weighted by Crippen LogP contribution is 2.42. The van der Waals surface area contributed by atoms with E-state index in [0.29, 0.717) is 0 Å². The van der Waals surface area contributed by atoms with E-state index in [-0.39, 0.29) is 36.0 Å². The molecule has 2 aromatic rings. The van der Waals surface area contributed by atoms with Crippen molar-refractivity contribution in [2.75, 3.05) is 18.1 Å². The number of rotatable bonds is 4. The van der Waals surface area contributed by atoms with Crippen LogP contribution in [0.4, 0.5) is 16.2 Å². The van der Waals surface area contributed by atoms with E-state index in [0.717, 1.165) is 0 Å². The fourth-order valence-electron chi connectivity index (χ4n) is 2.76. The van der Waals surface area contributed by atoms with Gasteiger partial charge in [-0.05, 0) is 6.92 Å². The molecule has 0 aromatic carbocycles. The number of ether oxygens (including phenoxy) is 2. The van der Waals surface area contributed by atoms with Crippen molar-refractivity contribution in [2.45, 2.75) is 44.4 Å². The number of alkyl halides is 1. The summed E-state index contributed by atoms with van der Waals surface area (Å²) in [4.78, 5) is 23.1. The second-order valence-electron chi connectivity index (χ2n) is 5.95. The molecule has 0 amide bonds. The van der Waals surface area contributed by atoms with Gasteiger partial charge in [-0.2, -0.15) is 9.97 Å². The first kappa shape index (κ1) is 17.3. The summed E-state index contributed by atoms with van der Waals surface area (Å²) in [6.45, 7) is 2.54. The lowest BCUT2D eigenvalue weighted by atomic mass is 9.98. The lowest BCUT2D eigenvalue weighted by Crippen LogP contribution is -2.41. The molecule has 0 saturated carbocycles. The first-order chi connectivity index (χ1) is 11.8. The van der Waals surface area contributed by atoms with Gasteiger partial charge in [-0.25, -0.2) is 9.37 Å². The Hall–Kier alpha value is -2.53. The van der Waals surface area contributed by atoms with Crippen molar-refractivity contribution < 1.29 is 23.8 Å². The van der Waals surface area contributed by atoms with Gasteiger partial charge in [-0.3, -0.25) is 9.36 Å². The van der Waals surface area contributed by atoms with Crippen molar-refractivity contribution >= 4 is 28.9 Å². The maximum Gasteiger partial charge on any atom is 0.305 e. The number of fused-ring (bicyclic) bond motifs is 1. The van der Waals surface area contributed by atoms with Gasteiger partial charge in [0.05, 0.1) is 6.33 Å². The van der Waals surface area contributed by atoms with Gasteiger partial charge in [0.1, 0.15) is 24.3 Å². The normalized spacial score (nSPS) is 29.2. The van der Waals surface area contributed by atoms with Gasteiger partial charge in [0.2, 0.25) is 5.95 Å². The molecule has 25 heavy (non-hydrogen) atoms. The number of hydrogen-bond donors (Lipinski definition) is 3. The van der Waals surface area contributed by atoms with Crippen LogP contribution < -0.4 is 11.5 Å². The summed E-state index contributed by atoms with van der Waals surface area (Å²) in [6.07, 6.45) is -2.36. The molecule has 3 rings (SSSR count). The number of esters is 1. The highest BCUT2D eigenvalue weighted by molar-refractivity contribution is 5.82. The van der Waals surface area contributed by atoms with E-state index in [2.05, 4.69) is 15.0 Å². The number of carbonyl (C=O) groups is 1. The van der Waals surface area contributed by atoms with Gasteiger partial charge in [-0.15, -0.1) is 0 Å². The number of anilines is 2. The molecule has 10 nitrogen and oxygen atoms in total. The lowest BCUT2D eigenvalue weighted by Gasteiger charge is -2.24. The minimum Gasteiger partial charge on any atom is -0.463 e. The van der Waals surface area contributed by atoms with Crippen LogP contribution in [0.1, 0.15) is 26.5 Å². The zero-order valence-corrected chi connectivity index (χ0v) is 13.7. The maximum atomic E-state index is 15.1. The SMILES string of the molecule is CCC(=O)OC[C@H]1O[C@@H](n2cnc3c(N)nc(N)nc32)[C@](C)(F)[C@@H]1O. The molecule has 0 spiro atoms. The van der Waals surface area contributed by atoms with Gasteiger partial charge in [0, 0.05) is 6.42 Å². The van der Waals surface area contributed by atoms with Crippen molar-refractivity contribution in [3.8, 4) is 0 Å². The highest BCUT2D eigenvalue weighted by Gasteiger charge is 2.55. The summed E-state index contributed by atoms with van der Waals surface area (Å²) in [6, 6.07) is 0. The van der Waals surface area contributed by atoms with E-state index in [1.54, 1.807) is 6.92 Å². The fraction of sp³-hybridized carbons (Fsp3) is 0.571. The smallest absolute Gasteiger partial charge is 0.305 e. The van der Waals surface area contributed by atoms with Crippen molar-refractivity contribution in [1.29, 1.82) is 0 Å². The highest BCUT2D eigenvalue weighted by atomic mass is 19.1. The Balaban J connectivity index is 1.93. The number of nitrogens with two attached hydrogens (primary N) is 2. The summed E-state index contributed by atoms with van der Waals surface area (Å²) in [5.41, 5.74) is 9.55. The second kappa shape index (κ2) is 6.08. The van der Waals surface area contributed by atoms with Crippen molar-refractivity contribution in [3.63, 3.8) is 0 Å². The second-order valence-corrected chi connectivity index (χ2v) is 5.95. The van der Waals surface area contributed by atoms with Crippen LogP contribution in [0.2, 0.25) is 0 Å². The van der Waals surface area contributed by atoms with Crippen LogP contribution in [0, 0.1) is 0 Å². The molecule has 1 aliphatic rings. The molecule has 0 aliphatic carbocycles. The first-order valence-electron chi connectivity index (χ1n) is 7.69. The number of aromatic nitrogens is 4. The number of nitrogens with zero attached hydrogens (tertiary/aromatic N) is 4. The minimum absolute atomic E-state index is 0.0498. The third kappa shape index (κ3) is 2.85. The van der Waals surface area contributed by atoms with E-state index in [1.165, 1.54) is 17.8 Å². The Labute approximate surface area is 141 Å². The van der Waals surface area contributed by atoms with E-state index >= 15 is 4.39 Å². The number of hydrogen-bond acceptors (Lipinski definition) is 9. The topological polar surface area (TPSA) is 151 Å². The number of carbonyl (C=O) groups excluding carboxylic acids is 1. The van der Waals surface area contributed by atoms with Gasteiger partial charge in [0.15, 0.2) is 23.4 Å². The van der Waals surface area contributed by atoms with Crippen LogP contribution in [-0.4, -0.2) is 55.1 Å². The average molecular weight is 354 g/mol. The molecule has 1 fully saturated rings. The van der Waals surface area contributed by atoms with E-state index in [4.69, 9.17) is 20.9 Å². The van der Waals surface area contributed by atoms with Crippen LogP contribution in [-0.2, 0) is 14.3 Å². The summed E-state index contributed by atoms with van der Waals surface area (Å²) < 4.78 is 27.0. The number of imidazole rings is 1. The van der Waals surface area contributed by atoms with Crippen LogP contribution in [0.3, 0.4) is 0 Å². The van der Waals surface area contributed by atoms with E-state index < -0.39 is 30.1 Å². The van der Waals surface area contributed by atoms with Gasteiger partial charge in [-0.1, -0.05) is 6.92 Å².